The molecule has 0 aliphatic heterocycles. The zero-order valence-corrected chi connectivity index (χ0v) is 8.12. The van der Waals surface area contributed by atoms with Gasteiger partial charge in [0.05, 0.1) is 6.61 Å². The summed E-state index contributed by atoms with van der Waals surface area (Å²) >= 11 is 0. The van der Waals surface area contributed by atoms with Crippen LogP contribution in [0.2, 0.25) is 0 Å². The summed E-state index contributed by atoms with van der Waals surface area (Å²) < 4.78 is 5.08. The van der Waals surface area contributed by atoms with Crippen molar-refractivity contribution < 1.29 is 24.5 Å². The van der Waals surface area contributed by atoms with Crippen LogP contribution in [-0.4, -0.2) is 26.3 Å². The number of carbonyl (C=O) groups is 1. The van der Waals surface area contributed by atoms with Crippen LogP contribution in [0.1, 0.15) is 17.6 Å². The smallest absolute Gasteiger partial charge is 0.342 e. The summed E-state index contributed by atoms with van der Waals surface area (Å²) in [5.74, 6) is -1.69. The largest absolute Gasteiger partial charge is 0.479 e. The monoisotopic (exact) mass is 223 g/mol. The number of carboxylic acids is 1. The maximum atomic E-state index is 10.5. The molecular weight excluding hydrogens is 214 g/mol. The molecule has 2 rings (SSSR count). The van der Waals surface area contributed by atoms with Crippen LogP contribution in [-0.2, 0) is 11.4 Å². The molecule has 0 saturated carbocycles. The first kappa shape index (κ1) is 10.6. The Hall–Kier alpha value is -1.92. The van der Waals surface area contributed by atoms with Crippen LogP contribution < -0.4 is 0 Å². The average molecular weight is 223 g/mol. The summed E-state index contributed by atoms with van der Waals surface area (Å²) in [6.45, 7) is -0.145. The van der Waals surface area contributed by atoms with Crippen molar-refractivity contribution in [2.45, 2.75) is 12.7 Å². The van der Waals surface area contributed by atoms with E-state index in [-0.39, 0.29) is 12.5 Å². The molecule has 1 heterocycles. The lowest BCUT2D eigenvalue weighted by Gasteiger charge is -1.97. The summed E-state index contributed by atoms with van der Waals surface area (Å²) in [7, 11) is 0. The highest BCUT2D eigenvalue weighted by molar-refractivity contribution is 5.76. The molecule has 6 heteroatoms. The number of aliphatic carboxylic acids is 1. The second-order valence-electron chi connectivity index (χ2n) is 3.25. The van der Waals surface area contributed by atoms with Gasteiger partial charge in [-0.15, -0.1) is 0 Å². The van der Waals surface area contributed by atoms with Gasteiger partial charge in [-0.05, 0) is 17.7 Å². The highest BCUT2D eigenvalue weighted by Gasteiger charge is 2.22. The fraction of sp³-hybridized carbons (Fsp3) is 0.200. The van der Waals surface area contributed by atoms with Gasteiger partial charge in [0.15, 0.2) is 5.58 Å². The Balaban J connectivity index is 2.47. The topological polar surface area (TPSA) is 104 Å². The van der Waals surface area contributed by atoms with Gasteiger partial charge in [-0.1, -0.05) is 6.07 Å². The lowest BCUT2D eigenvalue weighted by Crippen LogP contribution is -2.10. The van der Waals surface area contributed by atoms with E-state index < -0.39 is 12.1 Å². The van der Waals surface area contributed by atoms with E-state index in [1.54, 1.807) is 18.2 Å². The number of benzene rings is 1. The molecule has 1 aromatic carbocycles. The van der Waals surface area contributed by atoms with Gasteiger partial charge in [-0.3, -0.25) is 0 Å². The van der Waals surface area contributed by atoms with Crippen molar-refractivity contribution in [2.24, 2.45) is 0 Å². The van der Waals surface area contributed by atoms with Crippen molar-refractivity contribution in [3.05, 3.63) is 29.7 Å². The molecule has 0 aliphatic rings. The first-order valence-electron chi connectivity index (χ1n) is 4.53. The fourth-order valence-electron chi connectivity index (χ4n) is 1.31. The number of fused-ring (bicyclic) bond motifs is 1. The number of oxazole rings is 1. The number of hydrogen-bond acceptors (Lipinski definition) is 5. The summed E-state index contributed by atoms with van der Waals surface area (Å²) in [5.41, 5.74) is 1.40. The van der Waals surface area contributed by atoms with Crippen LogP contribution in [0.15, 0.2) is 22.6 Å². The van der Waals surface area contributed by atoms with E-state index in [4.69, 9.17) is 14.6 Å². The first-order chi connectivity index (χ1) is 7.61. The van der Waals surface area contributed by atoms with E-state index in [1.165, 1.54) is 0 Å². The van der Waals surface area contributed by atoms with Gasteiger partial charge in [0.1, 0.15) is 5.52 Å². The van der Waals surface area contributed by atoms with E-state index in [0.717, 1.165) is 0 Å². The van der Waals surface area contributed by atoms with Crippen molar-refractivity contribution in [3.63, 3.8) is 0 Å². The summed E-state index contributed by atoms with van der Waals surface area (Å²) in [5, 5.41) is 26.7. The van der Waals surface area contributed by atoms with E-state index in [9.17, 15) is 9.90 Å². The molecule has 0 fully saturated rings. The third kappa shape index (κ3) is 1.75. The van der Waals surface area contributed by atoms with Crippen LogP contribution in [0.4, 0.5) is 0 Å². The van der Waals surface area contributed by atoms with E-state index in [1.807, 2.05) is 0 Å². The molecule has 16 heavy (non-hydrogen) atoms. The van der Waals surface area contributed by atoms with E-state index in [0.29, 0.717) is 16.7 Å². The normalized spacial score (nSPS) is 12.9. The van der Waals surface area contributed by atoms with Crippen molar-refractivity contribution in [1.82, 2.24) is 4.98 Å². The zero-order chi connectivity index (χ0) is 11.7. The third-order valence-electron chi connectivity index (χ3n) is 2.12. The lowest BCUT2D eigenvalue weighted by atomic mass is 10.2. The van der Waals surface area contributed by atoms with Gasteiger partial charge in [-0.2, -0.15) is 0 Å². The number of carboxylic acid groups (broad SMARTS) is 1. The van der Waals surface area contributed by atoms with Crippen LogP contribution in [0.25, 0.3) is 11.1 Å². The molecule has 1 atom stereocenters. The zero-order valence-electron chi connectivity index (χ0n) is 8.12. The predicted molar refractivity (Wildman–Crippen MR) is 52.5 cm³/mol. The Bertz CT molecular complexity index is 533. The molecule has 0 amide bonds. The third-order valence-corrected chi connectivity index (χ3v) is 2.12. The molecule has 0 aliphatic carbocycles. The molecule has 1 aromatic heterocycles. The van der Waals surface area contributed by atoms with Gasteiger partial charge in [0.25, 0.3) is 0 Å². The minimum absolute atomic E-state index is 0.145. The fourth-order valence-corrected chi connectivity index (χ4v) is 1.31. The molecule has 0 saturated heterocycles. The molecule has 84 valence electrons. The minimum atomic E-state index is -1.77. The van der Waals surface area contributed by atoms with Gasteiger partial charge in [-0.25, -0.2) is 9.78 Å². The molecule has 1 unspecified atom stereocenters. The van der Waals surface area contributed by atoms with E-state index in [2.05, 4.69) is 4.98 Å². The van der Waals surface area contributed by atoms with Gasteiger partial charge < -0.3 is 19.7 Å². The molecule has 0 radical (unpaired) electrons. The molecular formula is C10H9NO5. The first-order valence-corrected chi connectivity index (χ1v) is 4.53. The highest BCUT2D eigenvalue weighted by atomic mass is 16.4. The maximum Gasteiger partial charge on any atom is 0.342 e. The van der Waals surface area contributed by atoms with Crippen LogP contribution in [0.3, 0.4) is 0 Å². The van der Waals surface area contributed by atoms with Gasteiger partial charge in [0.2, 0.25) is 12.0 Å². The number of aromatic nitrogens is 1. The van der Waals surface area contributed by atoms with Crippen LogP contribution in [0.5, 0.6) is 0 Å². The van der Waals surface area contributed by atoms with Crippen LogP contribution in [0, 0.1) is 0 Å². The molecule has 6 nitrogen and oxygen atoms in total. The predicted octanol–water partition coefficient (Wildman–Crippen LogP) is 0.438. The Labute approximate surface area is 89.8 Å². The lowest BCUT2D eigenvalue weighted by molar-refractivity contribution is -0.148. The second kappa shape index (κ2) is 3.92. The Morgan fingerprint density at radius 1 is 1.50 bits per heavy atom. The van der Waals surface area contributed by atoms with Crippen molar-refractivity contribution in [3.8, 4) is 0 Å². The van der Waals surface area contributed by atoms with E-state index >= 15 is 0 Å². The SMILES string of the molecule is O=C(O)C(O)c1nc2ccc(CO)cc2o1. The molecule has 2 aromatic rings. The molecule has 0 bridgehead atoms. The van der Waals surface area contributed by atoms with Gasteiger partial charge in [0, 0.05) is 0 Å². The Morgan fingerprint density at radius 2 is 2.25 bits per heavy atom. The Kier molecular flexibility index (Phi) is 2.59. The molecule has 3 N–H and O–H groups in total. The van der Waals surface area contributed by atoms with Crippen molar-refractivity contribution in [2.75, 3.05) is 0 Å². The number of nitrogens with zero attached hydrogens (tertiary/aromatic N) is 1. The second-order valence-corrected chi connectivity index (χ2v) is 3.25. The maximum absolute atomic E-state index is 10.5. The number of rotatable bonds is 3. The van der Waals surface area contributed by atoms with Crippen LogP contribution >= 0.6 is 0 Å². The summed E-state index contributed by atoms with van der Waals surface area (Å²) in [6, 6.07) is 4.77. The summed E-state index contributed by atoms with van der Waals surface area (Å²) in [6.07, 6.45) is -1.77. The quantitative estimate of drug-likeness (QED) is 0.697. The van der Waals surface area contributed by atoms with Crippen molar-refractivity contribution in [1.29, 1.82) is 0 Å². The minimum Gasteiger partial charge on any atom is -0.479 e. The highest BCUT2D eigenvalue weighted by Crippen LogP contribution is 2.21. The number of aliphatic hydroxyl groups is 2. The molecule has 0 spiro atoms. The van der Waals surface area contributed by atoms with Gasteiger partial charge >= 0.3 is 5.97 Å². The number of aliphatic hydroxyl groups excluding tert-OH is 2. The van der Waals surface area contributed by atoms with Crippen molar-refractivity contribution >= 4 is 17.1 Å². The summed E-state index contributed by atoms with van der Waals surface area (Å²) in [4.78, 5) is 14.3. The number of hydrogen-bond donors (Lipinski definition) is 3. The average Bonchev–Trinajstić information content (AvgIpc) is 2.69. The standard InChI is InChI=1S/C10H9NO5/c12-4-5-1-2-6-7(3-5)16-9(11-6)8(13)10(14)15/h1-3,8,12-13H,4H2,(H,14,15). The Morgan fingerprint density at radius 3 is 2.88 bits per heavy atom.